The molecule has 1 aromatic carbocycles. The van der Waals surface area contributed by atoms with Gasteiger partial charge in [0.05, 0.1) is 25.3 Å². The molecular weight excluding hydrogens is 296 g/mol. The van der Waals surface area contributed by atoms with E-state index in [-0.39, 0.29) is 6.61 Å². The lowest BCUT2D eigenvalue weighted by molar-refractivity contribution is 0.126. The predicted molar refractivity (Wildman–Crippen MR) is 89.5 cm³/mol. The van der Waals surface area contributed by atoms with E-state index < -0.39 is 0 Å². The summed E-state index contributed by atoms with van der Waals surface area (Å²) in [5, 5.41) is 9.88. The van der Waals surface area contributed by atoms with E-state index in [2.05, 4.69) is 14.9 Å². The minimum absolute atomic E-state index is 0.149. The Morgan fingerprint density at radius 1 is 1.17 bits per heavy atom. The second-order valence-electron chi connectivity index (χ2n) is 5.20. The smallest absolute Gasteiger partial charge is 0.134 e. The molecule has 126 valence electrons. The number of hydrogen-bond donors (Lipinski definition) is 2. The third-order valence-corrected chi connectivity index (χ3v) is 3.55. The summed E-state index contributed by atoms with van der Waals surface area (Å²) in [5.74, 6) is 1.24. The highest BCUT2D eigenvalue weighted by atomic mass is 16.5. The fraction of sp³-hybridized carbons (Fsp3) is 0.500. The number of hydrogen-bond acceptors (Lipinski definition) is 7. The van der Waals surface area contributed by atoms with Gasteiger partial charge in [0.15, 0.2) is 0 Å². The number of anilines is 1. The number of rotatable bonds is 10. The highest BCUT2D eigenvalue weighted by molar-refractivity contribution is 5.88. The van der Waals surface area contributed by atoms with Crippen molar-refractivity contribution >= 4 is 16.7 Å². The van der Waals surface area contributed by atoms with E-state index in [9.17, 15) is 0 Å². The maximum absolute atomic E-state index is 9.06. The molecule has 1 aromatic heterocycles. The van der Waals surface area contributed by atoms with E-state index >= 15 is 0 Å². The Hall–Kier alpha value is -1.96. The van der Waals surface area contributed by atoms with Crippen LogP contribution in [0.3, 0.4) is 0 Å². The van der Waals surface area contributed by atoms with Crippen LogP contribution in [-0.2, 0) is 4.74 Å². The first kappa shape index (κ1) is 17.4. The van der Waals surface area contributed by atoms with Gasteiger partial charge in [0.1, 0.15) is 17.9 Å². The second kappa shape index (κ2) is 9.24. The Kier molecular flexibility index (Phi) is 6.99. The van der Waals surface area contributed by atoms with Gasteiger partial charge >= 0.3 is 0 Å². The molecule has 0 radical (unpaired) electrons. The Morgan fingerprint density at radius 2 is 2.04 bits per heavy atom. The van der Waals surface area contributed by atoms with E-state index in [1.165, 1.54) is 6.33 Å². The van der Waals surface area contributed by atoms with Gasteiger partial charge in [-0.15, -0.1) is 0 Å². The molecule has 2 rings (SSSR count). The van der Waals surface area contributed by atoms with Gasteiger partial charge in [0.25, 0.3) is 0 Å². The van der Waals surface area contributed by atoms with Crippen LogP contribution in [0.15, 0.2) is 24.5 Å². The summed E-state index contributed by atoms with van der Waals surface area (Å²) in [6, 6.07) is 5.61. The van der Waals surface area contributed by atoms with Crippen LogP contribution in [0.5, 0.6) is 5.75 Å². The summed E-state index contributed by atoms with van der Waals surface area (Å²) >= 11 is 0. The van der Waals surface area contributed by atoms with Gasteiger partial charge in [0.2, 0.25) is 0 Å². The van der Waals surface area contributed by atoms with Gasteiger partial charge in [-0.2, -0.15) is 0 Å². The maximum atomic E-state index is 9.06. The quantitative estimate of drug-likeness (QED) is 0.629. The van der Waals surface area contributed by atoms with Crippen LogP contribution < -0.4 is 10.5 Å². The van der Waals surface area contributed by atoms with Crippen LogP contribution in [-0.4, -0.2) is 66.5 Å². The SMILES string of the molecule is COCCN(CCO)CCCOc1ccc2c(N)ncnc2c1. The number of benzene rings is 1. The van der Waals surface area contributed by atoms with Crippen LogP contribution in [0, 0.1) is 0 Å². The minimum Gasteiger partial charge on any atom is -0.493 e. The molecule has 0 aliphatic carbocycles. The van der Waals surface area contributed by atoms with E-state index in [1.54, 1.807) is 7.11 Å². The largest absolute Gasteiger partial charge is 0.493 e. The standard InChI is InChI=1S/C16H24N4O3/c1-22-10-7-20(6-8-21)5-2-9-23-13-3-4-14-15(11-13)18-12-19-16(14)17/h3-4,11-12,21H,2,5-10H2,1H3,(H2,17,18,19). The van der Waals surface area contributed by atoms with E-state index in [1.807, 2.05) is 18.2 Å². The van der Waals surface area contributed by atoms with Crippen molar-refractivity contribution in [1.29, 1.82) is 0 Å². The Morgan fingerprint density at radius 3 is 2.83 bits per heavy atom. The van der Waals surface area contributed by atoms with E-state index in [4.69, 9.17) is 20.3 Å². The fourth-order valence-electron chi connectivity index (χ4n) is 2.32. The average Bonchev–Trinajstić information content (AvgIpc) is 2.56. The molecule has 0 spiro atoms. The number of methoxy groups -OCH3 is 1. The van der Waals surface area contributed by atoms with Gasteiger partial charge in [0, 0.05) is 38.2 Å². The van der Waals surface area contributed by atoms with Crippen molar-refractivity contribution in [3.63, 3.8) is 0 Å². The van der Waals surface area contributed by atoms with Crippen molar-refractivity contribution in [3.8, 4) is 5.75 Å². The van der Waals surface area contributed by atoms with Crippen LogP contribution >= 0.6 is 0 Å². The normalized spacial score (nSPS) is 11.3. The lowest BCUT2D eigenvalue weighted by Crippen LogP contribution is -2.32. The molecule has 0 unspecified atom stereocenters. The van der Waals surface area contributed by atoms with Crippen LogP contribution in [0.1, 0.15) is 6.42 Å². The van der Waals surface area contributed by atoms with Crippen molar-refractivity contribution in [2.24, 2.45) is 0 Å². The molecule has 0 amide bonds. The zero-order valence-electron chi connectivity index (χ0n) is 13.4. The zero-order valence-corrected chi connectivity index (χ0v) is 13.4. The second-order valence-corrected chi connectivity index (χ2v) is 5.20. The number of nitrogens with two attached hydrogens (primary N) is 1. The lowest BCUT2D eigenvalue weighted by atomic mass is 10.2. The number of aliphatic hydroxyl groups is 1. The Balaban J connectivity index is 1.81. The third-order valence-electron chi connectivity index (χ3n) is 3.55. The predicted octanol–water partition coefficient (Wildman–Crippen LogP) is 0.922. The van der Waals surface area contributed by atoms with Crippen molar-refractivity contribution in [3.05, 3.63) is 24.5 Å². The van der Waals surface area contributed by atoms with Gasteiger partial charge < -0.3 is 20.3 Å². The number of fused-ring (bicyclic) bond motifs is 1. The molecule has 0 saturated heterocycles. The van der Waals surface area contributed by atoms with Gasteiger partial charge in [-0.05, 0) is 18.6 Å². The molecule has 0 aliphatic heterocycles. The summed E-state index contributed by atoms with van der Waals surface area (Å²) in [6.07, 6.45) is 2.32. The van der Waals surface area contributed by atoms with Crippen LogP contribution in [0.25, 0.3) is 10.9 Å². The molecule has 0 atom stereocenters. The molecule has 7 nitrogen and oxygen atoms in total. The summed E-state index contributed by atoms with van der Waals surface area (Å²) < 4.78 is 10.8. The van der Waals surface area contributed by atoms with E-state index in [0.717, 1.165) is 36.2 Å². The highest BCUT2D eigenvalue weighted by Gasteiger charge is 2.05. The molecule has 0 bridgehead atoms. The van der Waals surface area contributed by atoms with E-state index in [0.29, 0.717) is 25.6 Å². The molecule has 23 heavy (non-hydrogen) atoms. The topological polar surface area (TPSA) is 93.7 Å². The first-order valence-corrected chi connectivity index (χ1v) is 7.69. The molecular formula is C16H24N4O3. The summed E-state index contributed by atoms with van der Waals surface area (Å²) in [7, 11) is 1.68. The molecule has 7 heteroatoms. The summed E-state index contributed by atoms with van der Waals surface area (Å²) in [4.78, 5) is 10.3. The maximum Gasteiger partial charge on any atom is 0.134 e. The summed E-state index contributed by atoms with van der Waals surface area (Å²) in [5.41, 5.74) is 6.58. The van der Waals surface area contributed by atoms with Crippen LogP contribution in [0.2, 0.25) is 0 Å². The third kappa shape index (κ3) is 5.31. The molecule has 0 saturated carbocycles. The van der Waals surface area contributed by atoms with Crippen molar-refractivity contribution in [1.82, 2.24) is 14.9 Å². The Bertz CT molecular complexity index is 609. The number of nitrogens with zero attached hydrogens (tertiary/aromatic N) is 3. The molecule has 0 fully saturated rings. The molecule has 1 heterocycles. The molecule has 0 aliphatic rings. The monoisotopic (exact) mass is 320 g/mol. The van der Waals surface area contributed by atoms with Gasteiger partial charge in [-0.3, -0.25) is 4.90 Å². The minimum atomic E-state index is 0.149. The summed E-state index contributed by atoms with van der Waals surface area (Å²) in [6.45, 7) is 3.72. The van der Waals surface area contributed by atoms with Crippen molar-refractivity contribution in [2.45, 2.75) is 6.42 Å². The van der Waals surface area contributed by atoms with Crippen molar-refractivity contribution in [2.75, 3.05) is 52.3 Å². The van der Waals surface area contributed by atoms with Crippen molar-refractivity contribution < 1.29 is 14.6 Å². The number of aliphatic hydroxyl groups excluding tert-OH is 1. The average molecular weight is 320 g/mol. The molecule has 2 aromatic rings. The number of nitrogen functional groups attached to an aromatic ring is 1. The highest BCUT2D eigenvalue weighted by Crippen LogP contribution is 2.22. The zero-order chi connectivity index (χ0) is 16.5. The first-order chi connectivity index (χ1) is 11.2. The molecule has 3 N–H and O–H groups in total. The Labute approximate surface area is 136 Å². The first-order valence-electron chi connectivity index (χ1n) is 7.69. The van der Waals surface area contributed by atoms with Crippen LogP contribution in [0.4, 0.5) is 5.82 Å². The number of ether oxygens (including phenoxy) is 2. The van der Waals surface area contributed by atoms with Gasteiger partial charge in [-0.25, -0.2) is 9.97 Å². The lowest BCUT2D eigenvalue weighted by Gasteiger charge is -2.20. The number of aromatic nitrogens is 2. The van der Waals surface area contributed by atoms with Gasteiger partial charge in [-0.1, -0.05) is 0 Å². The fourth-order valence-corrected chi connectivity index (χ4v) is 2.32.